The molecule has 0 aromatic rings. The fourth-order valence-corrected chi connectivity index (χ4v) is 0.438. The first-order valence-corrected chi connectivity index (χ1v) is 4.25. The third-order valence-electron chi connectivity index (χ3n) is 0.938. The Morgan fingerprint density at radius 1 is 0.444 bits per heavy atom. The van der Waals surface area contributed by atoms with E-state index in [9.17, 15) is 0 Å². The fraction of sp³-hybridized carbons (Fsp3) is 1.00. The molecule has 0 N–H and O–H groups in total. The molecule has 0 spiro atoms. The van der Waals surface area contributed by atoms with Gasteiger partial charge in [-0.3, -0.25) is 0 Å². The Morgan fingerprint density at radius 2 is 0.667 bits per heavy atom. The number of hydrogen-bond acceptors (Lipinski definition) is 0. The van der Waals surface area contributed by atoms with E-state index >= 15 is 0 Å². The van der Waals surface area contributed by atoms with Gasteiger partial charge in [0.15, 0.2) is 0 Å². The molecule has 0 rings (SSSR count). The van der Waals surface area contributed by atoms with Gasteiger partial charge < -0.3 is 0 Å². The summed E-state index contributed by atoms with van der Waals surface area (Å²) in [7, 11) is 0. The summed E-state index contributed by atoms with van der Waals surface area (Å²) in [6, 6.07) is 0. The molecular weight excluding hydrogens is 216 g/mol. The zero-order chi connectivity index (χ0) is 47.0. The van der Waals surface area contributed by atoms with Gasteiger partial charge in [-0.1, -0.05) is 116 Å². The highest BCUT2D eigenvalue weighted by Gasteiger charge is 1.93. The lowest BCUT2D eigenvalue weighted by molar-refractivity contribution is 0.531. The van der Waals surface area contributed by atoms with Crippen molar-refractivity contribution >= 4 is 0 Å². The summed E-state index contributed by atoms with van der Waals surface area (Å²) in [6.45, 7) is -8.30. The average molecular weight is 293 g/mol. The quantitative estimate of drug-likeness (QED) is 0.298. The van der Waals surface area contributed by atoms with Crippen LogP contribution < -0.4 is 0 Å². The zero-order valence-electron chi connectivity index (χ0n) is 47.0. The highest BCUT2D eigenvalue weighted by atomic mass is 14.0. The standard InChI is InChI=1S/C18H38/c1-3-5-7-9-11-13-15-17-18-16-14-12-10-8-6-4-2/h3-18H2,1-2H3/i1D3,2D3,3D2,4D2,5D2,6D2,7D2,8D2,9D2,10D2,11D2,12D2,13D2,14D2,15D2,16D2,17D2,18D2. The first kappa shape index (κ1) is 1.72. The summed E-state index contributed by atoms with van der Waals surface area (Å²) in [5, 5.41) is 0. The molecule has 0 saturated carbocycles. The van der Waals surface area contributed by atoms with Gasteiger partial charge in [0.25, 0.3) is 0 Å². The molecule has 0 heteroatoms. The summed E-state index contributed by atoms with van der Waals surface area (Å²) >= 11 is 0. The van der Waals surface area contributed by atoms with Crippen molar-refractivity contribution in [2.45, 2.75) is 116 Å². The zero-order valence-corrected chi connectivity index (χ0v) is 9.00. The van der Waals surface area contributed by atoms with Crippen LogP contribution in [0, 0.1) is 0 Å². The van der Waals surface area contributed by atoms with Crippen molar-refractivity contribution in [2.24, 2.45) is 0 Å². The second kappa shape index (κ2) is 17.0. The van der Waals surface area contributed by atoms with Crippen LogP contribution in [0.3, 0.4) is 0 Å². The SMILES string of the molecule is [2H]C([2H])([2H])C([2H])([2H])C([2H])([2H])C([2H])([2H])C([2H])([2H])C([2H])([2H])C([2H])([2H])C([2H])([2H])C([2H])([2H])C([2H])([2H])C([2H])([2H])C([2H])([2H])C([2H])([2H])C([2H])([2H])C([2H])([2H])C([2H])([2H])C([2H])([2H])C([2H])([2H])[2H]. The van der Waals surface area contributed by atoms with Gasteiger partial charge in [-0.15, -0.1) is 0 Å². The second-order valence-electron chi connectivity index (χ2n) is 2.00. The molecule has 0 aliphatic rings. The van der Waals surface area contributed by atoms with E-state index in [0.717, 1.165) is 0 Å². The van der Waals surface area contributed by atoms with E-state index in [1.165, 1.54) is 0 Å². The maximum absolute atomic E-state index is 8.22. The Bertz CT molecular complexity index is 1320. The van der Waals surface area contributed by atoms with Crippen LogP contribution in [-0.2, 0) is 0 Å². The Balaban J connectivity index is 7.85. The van der Waals surface area contributed by atoms with Crippen LogP contribution in [0.25, 0.3) is 0 Å². The lowest BCUT2D eigenvalue weighted by Crippen LogP contribution is -1.83. The van der Waals surface area contributed by atoms with Crippen molar-refractivity contribution in [2.75, 3.05) is 0 Å². The maximum Gasteiger partial charge on any atom is 0.0267 e. The van der Waals surface area contributed by atoms with Crippen LogP contribution in [0.4, 0.5) is 0 Å². The smallest absolute Gasteiger partial charge is 0.0267 e. The number of rotatable bonds is 15. The minimum atomic E-state index is -5.25. The molecule has 0 fully saturated rings. The molecule has 0 nitrogen and oxygen atoms in total. The Hall–Kier alpha value is 0. The van der Waals surface area contributed by atoms with E-state index in [1.54, 1.807) is 0 Å². The van der Waals surface area contributed by atoms with Gasteiger partial charge in [0.2, 0.25) is 0 Å². The molecule has 0 saturated heterocycles. The van der Waals surface area contributed by atoms with Gasteiger partial charge in [-0.25, -0.2) is 0 Å². The lowest BCUT2D eigenvalue weighted by atomic mass is 10.0. The molecule has 110 valence electrons. The van der Waals surface area contributed by atoms with Gasteiger partial charge in [0, 0.05) is 52.1 Å². The molecule has 0 atom stereocenters. The Labute approximate surface area is 170 Å². The molecule has 0 amide bonds. The summed E-state index contributed by atoms with van der Waals surface area (Å²) in [5.41, 5.74) is 0. The first-order chi connectivity index (χ1) is 23.2. The maximum atomic E-state index is 8.22. The van der Waals surface area contributed by atoms with Gasteiger partial charge in [-0.05, 0) is 0 Å². The highest BCUT2D eigenvalue weighted by molar-refractivity contribution is 4.49. The van der Waals surface area contributed by atoms with Crippen LogP contribution in [-0.4, -0.2) is 0 Å². The lowest BCUT2D eigenvalue weighted by Gasteiger charge is -2.03. The largest absolute Gasteiger partial charge is 0.0654 e. The van der Waals surface area contributed by atoms with Crippen molar-refractivity contribution in [1.82, 2.24) is 0 Å². The van der Waals surface area contributed by atoms with Crippen molar-refractivity contribution in [3.05, 3.63) is 0 Å². The summed E-state index contributed by atoms with van der Waals surface area (Å²) in [6.07, 6.45) is -79.8. The van der Waals surface area contributed by atoms with Gasteiger partial charge in [0.05, 0.1) is 0 Å². The van der Waals surface area contributed by atoms with Gasteiger partial charge >= 0.3 is 0 Å². The van der Waals surface area contributed by atoms with Crippen LogP contribution >= 0.6 is 0 Å². The molecule has 0 aromatic carbocycles. The molecule has 0 aliphatic heterocycles. The van der Waals surface area contributed by atoms with E-state index in [4.69, 9.17) is 52.1 Å². The minimum Gasteiger partial charge on any atom is -0.0654 e. The summed E-state index contributed by atoms with van der Waals surface area (Å²) in [5.74, 6) is 0. The Morgan fingerprint density at radius 3 is 0.889 bits per heavy atom. The van der Waals surface area contributed by atoms with E-state index in [2.05, 4.69) is 0 Å². The molecule has 0 aliphatic carbocycles. The summed E-state index contributed by atoms with van der Waals surface area (Å²) < 4.78 is 301. The van der Waals surface area contributed by atoms with Crippen molar-refractivity contribution in [3.63, 3.8) is 0 Å². The van der Waals surface area contributed by atoms with Crippen molar-refractivity contribution in [1.29, 1.82) is 0 Å². The van der Waals surface area contributed by atoms with Crippen LogP contribution in [0.15, 0.2) is 0 Å². The van der Waals surface area contributed by atoms with E-state index in [-0.39, 0.29) is 0 Å². The third-order valence-corrected chi connectivity index (χ3v) is 0.938. The topological polar surface area (TPSA) is 0 Å². The number of hydrogen-bond donors (Lipinski definition) is 0. The van der Waals surface area contributed by atoms with Crippen molar-refractivity contribution < 1.29 is 52.1 Å². The monoisotopic (exact) mass is 293 g/mol. The molecule has 0 unspecified atom stereocenters. The predicted molar refractivity (Wildman–Crippen MR) is 85.2 cm³/mol. The molecule has 18 heavy (non-hydrogen) atoms. The Kier molecular flexibility index (Phi) is 1.62. The van der Waals surface area contributed by atoms with Crippen LogP contribution in [0.2, 0.25) is 0 Å². The van der Waals surface area contributed by atoms with E-state index in [0.29, 0.717) is 0 Å². The average Bonchev–Trinajstić information content (AvgIpc) is 2.94. The van der Waals surface area contributed by atoms with Gasteiger partial charge in [-0.2, -0.15) is 0 Å². The molecule has 0 heterocycles. The molecular formula is C18H38. The predicted octanol–water partition coefficient (Wildman–Crippen LogP) is 7.27. The normalized spacial score (nSPS) is 56.4. The highest BCUT2D eigenvalue weighted by Crippen LogP contribution is 2.13. The van der Waals surface area contributed by atoms with Crippen LogP contribution in [0.5, 0.6) is 0 Å². The fourth-order valence-electron chi connectivity index (χ4n) is 0.438. The molecule has 0 radical (unpaired) electrons. The van der Waals surface area contributed by atoms with Crippen LogP contribution in [0.1, 0.15) is 168 Å². The minimum absolute atomic E-state index is 4.15. The van der Waals surface area contributed by atoms with E-state index in [1.807, 2.05) is 0 Å². The van der Waals surface area contributed by atoms with Gasteiger partial charge in [0.1, 0.15) is 0 Å². The van der Waals surface area contributed by atoms with Crippen molar-refractivity contribution in [3.8, 4) is 0 Å². The third kappa shape index (κ3) is 16.0. The first-order valence-electron chi connectivity index (χ1n) is 23.2. The van der Waals surface area contributed by atoms with E-state index < -0.39 is 116 Å². The molecule has 0 bridgehead atoms. The second-order valence-corrected chi connectivity index (χ2v) is 2.00. The molecule has 0 aromatic heterocycles. The summed E-state index contributed by atoms with van der Waals surface area (Å²) in [4.78, 5) is 0.